The largest absolute Gasteiger partial charge is 0.303 e. The first-order chi connectivity index (χ1) is 4.52. The number of hydrogen-bond donors (Lipinski definition) is 0. The monoisotopic (exact) mass is 145 g/mol. The minimum atomic E-state index is -0.647. The highest BCUT2D eigenvalue weighted by Gasteiger charge is 2.34. The van der Waals surface area contributed by atoms with E-state index in [-0.39, 0.29) is 5.41 Å². The molecular weight excluding hydrogens is 129 g/mol. The van der Waals surface area contributed by atoms with Crippen LogP contribution in [0.2, 0.25) is 0 Å². The van der Waals surface area contributed by atoms with Crippen molar-refractivity contribution in [1.82, 2.24) is 4.90 Å². The van der Waals surface area contributed by atoms with E-state index in [2.05, 4.69) is 4.90 Å². The van der Waals surface area contributed by atoms with Gasteiger partial charge in [-0.3, -0.25) is 0 Å². The number of halogens is 1. The van der Waals surface area contributed by atoms with E-state index in [0.29, 0.717) is 6.54 Å². The van der Waals surface area contributed by atoms with E-state index in [9.17, 15) is 4.39 Å². The van der Waals surface area contributed by atoms with Gasteiger partial charge in [0.25, 0.3) is 0 Å². The molecule has 0 aromatic heterocycles. The molecule has 0 N–H and O–H groups in total. The van der Waals surface area contributed by atoms with Crippen molar-refractivity contribution in [3.05, 3.63) is 0 Å². The standard InChI is InChI=1S/C8H16FN/c1-8(2)4-5-10(3)6-7(8)9/h7H,4-6H2,1-3H3/t7-/m0/s1. The molecule has 1 nitrogen and oxygen atoms in total. The van der Waals surface area contributed by atoms with Gasteiger partial charge in [-0.05, 0) is 25.4 Å². The Hall–Kier alpha value is -0.110. The molecule has 0 saturated carbocycles. The lowest BCUT2D eigenvalue weighted by molar-refractivity contribution is 0.0440. The molecule has 0 bridgehead atoms. The number of rotatable bonds is 0. The molecular formula is C8H16FN. The van der Waals surface area contributed by atoms with Gasteiger partial charge in [-0.1, -0.05) is 13.8 Å². The Balaban J connectivity index is 2.52. The first-order valence-electron chi connectivity index (χ1n) is 3.85. The van der Waals surface area contributed by atoms with E-state index < -0.39 is 6.17 Å². The molecule has 1 fully saturated rings. The molecule has 0 aromatic rings. The lowest BCUT2D eigenvalue weighted by atomic mass is 9.81. The van der Waals surface area contributed by atoms with Crippen LogP contribution in [0.1, 0.15) is 20.3 Å². The molecule has 0 spiro atoms. The average molecular weight is 145 g/mol. The smallest absolute Gasteiger partial charge is 0.118 e. The molecule has 0 aromatic carbocycles. The number of alkyl halides is 1. The normalized spacial score (nSPS) is 34.2. The van der Waals surface area contributed by atoms with Crippen LogP contribution in [0.25, 0.3) is 0 Å². The quantitative estimate of drug-likeness (QED) is 0.501. The minimum absolute atomic E-state index is 0.0908. The van der Waals surface area contributed by atoms with Gasteiger partial charge in [0.1, 0.15) is 6.17 Å². The summed E-state index contributed by atoms with van der Waals surface area (Å²) in [6.07, 6.45) is 0.330. The fourth-order valence-electron chi connectivity index (χ4n) is 1.25. The van der Waals surface area contributed by atoms with Crippen LogP contribution in [0.4, 0.5) is 4.39 Å². The van der Waals surface area contributed by atoms with Crippen molar-refractivity contribution in [1.29, 1.82) is 0 Å². The van der Waals surface area contributed by atoms with E-state index in [1.165, 1.54) is 0 Å². The minimum Gasteiger partial charge on any atom is -0.303 e. The van der Waals surface area contributed by atoms with Crippen LogP contribution < -0.4 is 0 Å². The molecule has 0 aliphatic carbocycles. The van der Waals surface area contributed by atoms with Gasteiger partial charge in [0.05, 0.1) is 0 Å². The lowest BCUT2D eigenvalue weighted by Gasteiger charge is -2.38. The van der Waals surface area contributed by atoms with E-state index in [4.69, 9.17) is 0 Å². The SMILES string of the molecule is CN1CCC(C)(C)[C@@H](F)C1. The Morgan fingerprint density at radius 1 is 1.50 bits per heavy atom. The van der Waals surface area contributed by atoms with Gasteiger partial charge in [-0.15, -0.1) is 0 Å². The summed E-state index contributed by atoms with van der Waals surface area (Å²) >= 11 is 0. The summed E-state index contributed by atoms with van der Waals surface area (Å²) in [5.74, 6) is 0. The van der Waals surface area contributed by atoms with Gasteiger partial charge in [-0.2, -0.15) is 0 Å². The van der Waals surface area contributed by atoms with Gasteiger partial charge >= 0.3 is 0 Å². The maximum absolute atomic E-state index is 13.2. The molecule has 0 radical (unpaired) electrons. The predicted molar refractivity (Wildman–Crippen MR) is 40.8 cm³/mol. The topological polar surface area (TPSA) is 3.24 Å². The zero-order valence-electron chi connectivity index (χ0n) is 7.02. The van der Waals surface area contributed by atoms with Crippen molar-refractivity contribution < 1.29 is 4.39 Å². The Bertz CT molecular complexity index is 122. The Labute approximate surface area is 62.2 Å². The summed E-state index contributed by atoms with van der Waals surface area (Å²) in [4.78, 5) is 2.05. The highest BCUT2D eigenvalue weighted by atomic mass is 19.1. The number of hydrogen-bond acceptors (Lipinski definition) is 1. The third kappa shape index (κ3) is 1.48. The van der Waals surface area contributed by atoms with E-state index in [0.717, 1.165) is 13.0 Å². The molecule has 0 amide bonds. The average Bonchev–Trinajstić information content (AvgIpc) is 1.81. The molecule has 1 saturated heterocycles. The zero-order chi connectivity index (χ0) is 7.78. The zero-order valence-corrected chi connectivity index (χ0v) is 7.02. The second-order valence-corrected chi connectivity index (χ2v) is 3.97. The van der Waals surface area contributed by atoms with Crippen LogP contribution in [-0.4, -0.2) is 31.2 Å². The molecule has 10 heavy (non-hydrogen) atoms. The molecule has 1 aliphatic rings. The fraction of sp³-hybridized carbons (Fsp3) is 1.00. The Morgan fingerprint density at radius 3 is 2.50 bits per heavy atom. The van der Waals surface area contributed by atoms with Crippen LogP contribution in [-0.2, 0) is 0 Å². The van der Waals surface area contributed by atoms with Crippen molar-refractivity contribution in [3.63, 3.8) is 0 Å². The third-order valence-electron chi connectivity index (χ3n) is 2.46. The van der Waals surface area contributed by atoms with Crippen LogP contribution in [0.3, 0.4) is 0 Å². The fourth-order valence-corrected chi connectivity index (χ4v) is 1.25. The summed E-state index contributed by atoms with van der Waals surface area (Å²) < 4.78 is 13.2. The molecule has 1 heterocycles. The van der Waals surface area contributed by atoms with Crippen LogP contribution in [0.5, 0.6) is 0 Å². The summed E-state index contributed by atoms with van der Waals surface area (Å²) in [5, 5.41) is 0. The van der Waals surface area contributed by atoms with Gasteiger partial charge in [0.15, 0.2) is 0 Å². The van der Waals surface area contributed by atoms with Crippen LogP contribution in [0, 0.1) is 5.41 Å². The molecule has 0 unspecified atom stereocenters. The lowest BCUT2D eigenvalue weighted by Crippen LogP contribution is -2.44. The number of nitrogens with zero attached hydrogens (tertiary/aromatic N) is 1. The van der Waals surface area contributed by atoms with Gasteiger partial charge in [0, 0.05) is 6.54 Å². The second kappa shape index (κ2) is 2.50. The molecule has 2 heteroatoms. The second-order valence-electron chi connectivity index (χ2n) is 3.97. The molecule has 1 rings (SSSR count). The first kappa shape index (κ1) is 7.99. The van der Waals surface area contributed by atoms with Crippen molar-refractivity contribution in [3.8, 4) is 0 Å². The van der Waals surface area contributed by atoms with E-state index >= 15 is 0 Å². The van der Waals surface area contributed by atoms with Crippen molar-refractivity contribution in [2.45, 2.75) is 26.4 Å². The molecule has 1 aliphatic heterocycles. The predicted octanol–water partition coefficient (Wildman–Crippen LogP) is 1.69. The van der Waals surface area contributed by atoms with Gasteiger partial charge < -0.3 is 4.90 Å². The first-order valence-corrected chi connectivity index (χ1v) is 3.85. The number of likely N-dealkylation sites (tertiary alicyclic amines) is 1. The van der Waals surface area contributed by atoms with Crippen molar-refractivity contribution in [2.75, 3.05) is 20.1 Å². The van der Waals surface area contributed by atoms with Gasteiger partial charge in [-0.25, -0.2) is 4.39 Å². The summed E-state index contributed by atoms with van der Waals surface area (Å²) in [6.45, 7) is 5.65. The van der Waals surface area contributed by atoms with Crippen LogP contribution >= 0.6 is 0 Å². The third-order valence-corrected chi connectivity index (χ3v) is 2.46. The summed E-state index contributed by atoms with van der Waals surface area (Å²) in [5.41, 5.74) is -0.0908. The summed E-state index contributed by atoms with van der Waals surface area (Å²) in [7, 11) is 1.97. The van der Waals surface area contributed by atoms with Crippen molar-refractivity contribution >= 4 is 0 Å². The maximum atomic E-state index is 13.2. The van der Waals surface area contributed by atoms with Gasteiger partial charge in [0.2, 0.25) is 0 Å². The number of piperidine rings is 1. The summed E-state index contributed by atoms with van der Waals surface area (Å²) in [6, 6.07) is 0. The molecule has 60 valence electrons. The van der Waals surface area contributed by atoms with E-state index in [1.807, 2.05) is 20.9 Å². The Morgan fingerprint density at radius 2 is 2.10 bits per heavy atom. The maximum Gasteiger partial charge on any atom is 0.118 e. The Kier molecular flexibility index (Phi) is 1.99. The highest BCUT2D eigenvalue weighted by Crippen LogP contribution is 2.31. The van der Waals surface area contributed by atoms with Crippen LogP contribution in [0.15, 0.2) is 0 Å². The van der Waals surface area contributed by atoms with Crippen molar-refractivity contribution in [2.24, 2.45) is 5.41 Å². The van der Waals surface area contributed by atoms with E-state index in [1.54, 1.807) is 0 Å². The highest BCUT2D eigenvalue weighted by molar-refractivity contribution is 4.85. The molecule has 1 atom stereocenters.